The maximum absolute atomic E-state index is 13.6. The highest BCUT2D eigenvalue weighted by Gasteiger charge is 2.31. The molecular weight excluding hydrogens is 501 g/mol. The molecule has 1 unspecified atom stereocenters. The molecule has 0 bridgehead atoms. The SMILES string of the molecule is CC(C)C(OC(=O)c1c2c(nc3ccccc13)/C(=C\c1cccc(Cl)c1Cl)CCC2)C(=O)NC(N)=O. The van der Waals surface area contributed by atoms with Gasteiger partial charge < -0.3 is 10.5 Å². The topological polar surface area (TPSA) is 111 Å². The van der Waals surface area contributed by atoms with Gasteiger partial charge >= 0.3 is 12.0 Å². The van der Waals surface area contributed by atoms with E-state index in [1.165, 1.54) is 0 Å². The molecule has 0 spiro atoms. The second-order valence-corrected chi connectivity index (χ2v) is 9.71. The molecular formula is C27H25Cl2N3O4. The predicted molar refractivity (Wildman–Crippen MR) is 141 cm³/mol. The third kappa shape index (κ3) is 5.22. The molecule has 1 atom stereocenters. The van der Waals surface area contributed by atoms with Gasteiger partial charge in [-0.2, -0.15) is 0 Å². The number of nitrogens with one attached hydrogen (secondary N) is 1. The van der Waals surface area contributed by atoms with E-state index >= 15 is 0 Å². The Balaban J connectivity index is 1.84. The van der Waals surface area contributed by atoms with Crippen molar-refractivity contribution in [3.05, 3.63) is 74.9 Å². The Bertz CT molecular complexity index is 1400. The number of nitrogens with zero attached hydrogens (tertiary/aromatic N) is 1. The third-order valence-corrected chi connectivity index (χ3v) is 6.86. The second kappa shape index (κ2) is 10.7. The zero-order valence-corrected chi connectivity index (χ0v) is 21.3. The number of hydrogen-bond donors (Lipinski definition) is 2. The highest BCUT2D eigenvalue weighted by atomic mass is 35.5. The van der Waals surface area contributed by atoms with Crippen LogP contribution in [0.15, 0.2) is 42.5 Å². The highest BCUT2D eigenvalue weighted by Crippen LogP contribution is 2.38. The van der Waals surface area contributed by atoms with Crippen LogP contribution in [0.1, 0.15) is 53.9 Å². The van der Waals surface area contributed by atoms with Crippen LogP contribution in [0.5, 0.6) is 0 Å². The molecule has 1 aromatic heterocycles. The standard InChI is InChI=1S/C27H25Cl2N3O4/c1-14(2)24(25(33)32-27(30)35)36-26(34)21-17-9-3-4-12-20(17)31-23-16(8-5-10-18(21)23)13-15-7-6-11-19(28)22(15)29/h3-4,6-7,9,11-14,24H,5,8,10H2,1-2H3,(H3,30,32,33,35)/b16-13-. The highest BCUT2D eigenvalue weighted by molar-refractivity contribution is 6.43. The summed E-state index contributed by atoms with van der Waals surface area (Å²) in [5, 5.41) is 3.52. The number of amides is 3. The average molecular weight is 526 g/mol. The van der Waals surface area contributed by atoms with Gasteiger partial charge in [0, 0.05) is 5.39 Å². The molecule has 2 aromatic carbocycles. The molecule has 1 heterocycles. The number of imide groups is 1. The van der Waals surface area contributed by atoms with Crippen LogP contribution < -0.4 is 11.1 Å². The normalized spacial score (nSPS) is 15.0. The first-order valence-corrected chi connectivity index (χ1v) is 12.3. The summed E-state index contributed by atoms with van der Waals surface area (Å²) in [4.78, 5) is 42.2. The minimum absolute atomic E-state index is 0.357. The number of fused-ring (bicyclic) bond motifs is 2. The van der Waals surface area contributed by atoms with Gasteiger partial charge in [-0.3, -0.25) is 10.1 Å². The Kier molecular flexibility index (Phi) is 7.62. The first kappa shape index (κ1) is 25.7. The van der Waals surface area contributed by atoms with Gasteiger partial charge in [-0.15, -0.1) is 0 Å². The number of halogens is 2. The number of carbonyl (C=O) groups excluding carboxylic acids is 3. The van der Waals surface area contributed by atoms with Crippen molar-refractivity contribution in [2.75, 3.05) is 0 Å². The Labute approximate surface area is 218 Å². The lowest BCUT2D eigenvalue weighted by molar-refractivity contribution is -0.130. The Morgan fingerprint density at radius 3 is 2.56 bits per heavy atom. The van der Waals surface area contributed by atoms with Crippen LogP contribution in [0.4, 0.5) is 4.79 Å². The van der Waals surface area contributed by atoms with Gasteiger partial charge in [-0.25, -0.2) is 14.6 Å². The summed E-state index contributed by atoms with van der Waals surface area (Å²) in [7, 11) is 0. The number of pyridine rings is 1. The van der Waals surface area contributed by atoms with E-state index in [2.05, 4.69) is 0 Å². The second-order valence-electron chi connectivity index (χ2n) is 8.92. The zero-order valence-electron chi connectivity index (χ0n) is 19.8. The van der Waals surface area contributed by atoms with E-state index in [4.69, 9.17) is 38.7 Å². The van der Waals surface area contributed by atoms with Crippen molar-refractivity contribution < 1.29 is 19.1 Å². The third-order valence-electron chi connectivity index (χ3n) is 6.03. The largest absolute Gasteiger partial charge is 0.448 e. The number of ether oxygens (including phenoxy) is 1. The maximum atomic E-state index is 13.6. The number of hydrogen-bond acceptors (Lipinski definition) is 5. The molecule has 0 radical (unpaired) electrons. The number of carbonyl (C=O) groups is 3. The molecule has 1 aliphatic carbocycles. The smallest absolute Gasteiger partial charge is 0.339 e. The van der Waals surface area contributed by atoms with Crippen LogP contribution in [0, 0.1) is 5.92 Å². The van der Waals surface area contributed by atoms with Crippen LogP contribution in [0.3, 0.4) is 0 Å². The number of aromatic nitrogens is 1. The maximum Gasteiger partial charge on any atom is 0.339 e. The molecule has 0 aliphatic heterocycles. The Hall–Kier alpha value is -3.42. The summed E-state index contributed by atoms with van der Waals surface area (Å²) in [6, 6.07) is 11.7. The quantitative estimate of drug-likeness (QED) is 0.409. The Morgan fingerprint density at radius 1 is 1.08 bits per heavy atom. The van der Waals surface area contributed by atoms with Crippen LogP contribution in [-0.2, 0) is 16.0 Å². The van der Waals surface area contributed by atoms with Crippen molar-refractivity contribution in [2.45, 2.75) is 39.2 Å². The lowest BCUT2D eigenvalue weighted by atomic mass is 9.86. The molecule has 0 saturated carbocycles. The van der Waals surface area contributed by atoms with E-state index in [9.17, 15) is 14.4 Å². The number of allylic oxidation sites excluding steroid dienone is 1. The average Bonchev–Trinajstić information content (AvgIpc) is 2.83. The van der Waals surface area contributed by atoms with Crippen LogP contribution in [0.25, 0.3) is 22.6 Å². The Morgan fingerprint density at radius 2 is 1.83 bits per heavy atom. The molecule has 3 N–H and O–H groups in total. The fourth-order valence-electron chi connectivity index (χ4n) is 4.39. The molecule has 3 aromatic rings. The summed E-state index contributed by atoms with van der Waals surface area (Å²) in [6.45, 7) is 3.43. The van der Waals surface area contributed by atoms with Gasteiger partial charge in [0.25, 0.3) is 5.91 Å². The molecule has 186 valence electrons. The van der Waals surface area contributed by atoms with Gasteiger partial charge in [-0.1, -0.05) is 67.4 Å². The molecule has 1 aliphatic rings. The summed E-state index contributed by atoms with van der Waals surface area (Å²) in [5.41, 5.74) is 9.18. The molecule has 4 rings (SSSR count). The van der Waals surface area contributed by atoms with Gasteiger partial charge in [0.1, 0.15) is 0 Å². The predicted octanol–water partition coefficient (Wildman–Crippen LogP) is 5.79. The van der Waals surface area contributed by atoms with E-state index < -0.39 is 29.9 Å². The number of urea groups is 1. The molecule has 36 heavy (non-hydrogen) atoms. The molecule has 7 nitrogen and oxygen atoms in total. The number of benzene rings is 2. The summed E-state index contributed by atoms with van der Waals surface area (Å²) in [5.74, 6) is -1.82. The number of rotatable bonds is 5. The van der Waals surface area contributed by atoms with Crippen molar-refractivity contribution in [3.8, 4) is 0 Å². The van der Waals surface area contributed by atoms with Crippen molar-refractivity contribution in [1.82, 2.24) is 10.3 Å². The van der Waals surface area contributed by atoms with Crippen LogP contribution >= 0.6 is 23.2 Å². The van der Waals surface area contributed by atoms with Gasteiger partial charge in [0.05, 0.1) is 26.8 Å². The van der Waals surface area contributed by atoms with E-state index in [-0.39, 0.29) is 0 Å². The number of esters is 1. The lowest BCUT2D eigenvalue weighted by Crippen LogP contribution is -2.45. The molecule has 0 saturated heterocycles. The fraction of sp³-hybridized carbons (Fsp3) is 0.259. The number of para-hydroxylation sites is 1. The monoisotopic (exact) mass is 525 g/mol. The van der Waals surface area contributed by atoms with Crippen LogP contribution in [-0.4, -0.2) is 29.0 Å². The summed E-state index contributed by atoms with van der Waals surface area (Å²) >= 11 is 12.6. The van der Waals surface area contributed by atoms with Crippen molar-refractivity contribution in [2.24, 2.45) is 11.7 Å². The minimum atomic E-state index is -1.20. The zero-order chi connectivity index (χ0) is 26.0. The molecule has 0 fully saturated rings. The van der Waals surface area contributed by atoms with E-state index in [0.717, 1.165) is 29.5 Å². The number of primary amides is 1. The molecule has 3 amide bonds. The van der Waals surface area contributed by atoms with Crippen molar-refractivity contribution in [3.63, 3.8) is 0 Å². The number of nitrogens with two attached hydrogens (primary N) is 1. The van der Waals surface area contributed by atoms with E-state index in [1.807, 2.05) is 41.7 Å². The van der Waals surface area contributed by atoms with Crippen molar-refractivity contribution in [1.29, 1.82) is 0 Å². The van der Waals surface area contributed by atoms with Crippen molar-refractivity contribution >= 4 is 63.7 Å². The van der Waals surface area contributed by atoms with E-state index in [0.29, 0.717) is 38.6 Å². The minimum Gasteiger partial charge on any atom is -0.448 e. The molecule has 9 heteroatoms. The lowest BCUT2D eigenvalue weighted by Gasteiger charge is -2.25. The van der Waals surface area contributed by atoms with Gasteiger partial charge in [0.15, 0.2) is 6.10 Å². The van der Waals surface area contributed by atoms with Gasteiger partial charge in [-0.05, 0) is 60.1 Å². The van der Waals surface area contributed by atoms with Gasteiger partial charge in [0.2, 0.25) is 0 Å². The summed E-state index contributed by atoms with van der Waals surface area (Å²) < 4.78 is 5.68. The van der Waals surface area contributed by atoms with E-state index in [1.54, 1.807) is 26.0 Å². The fourth-order valence-corrected chi connectivity index (χ4v) is 4.75. The first-order chi connectivity index (χ1) is 17.2. The van der Waals surface area contributed by atoms with Crippen LogP contribution in [0.2, 0.25) is 10.0 Å². The first-order valence-electron chi connectivity index (χ1n) is 11.5. The summed E-state index contributed by atoms with van der Waals surface area (Å²) in [6.07, 6.45) is 2.88.